The fourth-order valence-corrected chi connectivity index (χ4v) is 4.46. The van der Waals surface area contributed by atoms with Crippen molar-refractivity contribution in [3.8, 4) is 0 Å². The molecule has 2 N–H and O–H groups in total. The van der Waals surface area contributed by atoms with Gasteiger partial charge in [-0.05, 0) is 64.6 Å². The van der Waals surface area contributed by atoms with E-state index in [0.29, 0.717) is 12.5 Å². The fraction of sp³-hybridized carbons (Fsp3) is 1.00. The molecule has 3 nitrogen and oxygen atoms in total. The molecule has 0 radical (unpaired) electrons. The molecule has 0 aromatic rings. The molecule has 2 aliphatic carbocycles. The van der Waals surface area contributed by atoms with Gasteiger partial charge in [0.2, 0.25) is 0 Å². The molecular weight excluding hydrogens is 248 g/mol. The number of hydrogen-bond acceptors (Lipinski definition) is 3. The fourth-order valence-electron chi connectivity index (χ4n) is 4.46. The molecule has 20 heavy (non-hydrogen) atoms. The second-order valence-corrected chi connectivity index (χ2v) is 7.21. The van der Waals surface area contributed by atoms with E-state index in [1.54, 1.807) is 0 Å². The zero-order valence-corrected chi connectivity index (χ0v) is 13.5. The number of aliphatic hydroxyl groups excluding tert-OH is 1. The summed E-state index contributed by atoms with van der Waals surface area (Å²) in [7, 11) is 4.30. The normalized spacial score (nSPS) is 32.1. The van der Waals surface area contributed by atoms with E-state index in [1.807, 2.05) is 7.05 Å². The van der Waals surface area contributed by atoms with E-state index < -0.39 is 0 Å². The summed E-state index contributed by atoms with van der Waals surface area (Å²) in [5.41, 5.74) is 0.00563. The van der Waals surface area contributed by atoms with Gasteiger partial charge in [-0.15, -0.1) is 0 Å². The second-order valence-electron chi connectivity index (χ2n) is 7.21. The first-order chi connectivity index (χ1) is 9.70. The van der Waals surface area contributed by atoms with E-state index in [0.717, 1.165) is 12.3 Å². The van der Waals surface area contributed by atoms with Gasteiger partial charge in [-0.2, -0.15) is 0 Å². The molecule has 0 spiro atoms. The molecule has 2 saturated carbocycles. The summed E-state index contributed by atoms with van der Waals surface area (Å²) in [6.07, 6.45) is 12.1. The van der Waals surface area contributed by atoms with Crippen molar-refractivity contribution < 1.29 is 5.11 Å². The minimum atomic E-state index is 0.00563. The maximum absolute atomic E-state index is 9.74. The lowest BCUT2D eigenvalue weighted by atomic mass is 9.85. The van der Waals surface area contributed by atoms with E-state index in [4.69, 9.17) is 0 Å². The minimum absolute atomic E-state index is 0.00563. The molecule has 2 atom stereocenters. The van der Waals surface area contributed by atoms with E-state index in [-0.39, 0.29) is 5.54 Å². The molecule has 3 heteroatoms. The first kappa shape index (κ1) is 16.3. The van der Waals surface area contributed by atoms with Gasteiger partial charge >= 0.3 is 0 Å². The largest absolute Gasteiger partial charge is 0.394 e. The maximum Gasteiger partial charge on any atom is 0.0615 e. The quantitative estimate of drug-likeness (QED) is 0.753. The molecular formula is C17H34N2O. The van der Waals surface area contributed by atoms with Crippen LogP contribution in [0, 0.1) is 11.8 Å². The van der Waals surface area contributed by atoms with E-state index >= 15 is 0 Å². The Hall–Kier alpha value is -0.120. The first-order valence-corrected chi connectivity index (χ1v) is 8.68. The number of nitrogens with one attached hydrogen (secondary N) is 1. The molecule has 0 amide bonds. The second kappa shape index (κ2) is 7.77. The van der Waals surface area contributed by atoms with Crippen LogP contribution < -0.4 is 5.32 Å². The van der Waals surface area contributed by atoms with Crippen LogP contribution in [0.1, 0.15) is 57.8 Å². The van der Waals surface area contributed by atoms with Crippen molar-refractivity contribution in [2.45, 2.75) is 63.3 Å². The highest BCUT2D eigenvalue weighted by molar-refractivity contribution is 4.98. The molecule has 118 valence electrons. The molecule has 0 aromatic carbocycles. The van der Waals surface area contributed by atoms with Crippen LogP contribution in [-0.2, 0) is 0 Å². The molecule has 2 unspecified atom stereocenters. The van der Waals surface area contributed by atoms with Gasteiger partial charge in [-0.1, -0.05) is 25.7 Å². The van der Waals surface area contributed by atoms with Crippen LogP contribution in [-0.4, -0.2) is 49.3 Å². The molecule has 0 aromatic heterocycles. The number of rotatable bonds is 7. The Morgan fingerprint density at radius 1 is 1.15 bits per heavy atom. The maximum atomic E-state index is 9.74. The van der Waals surface area contributed by atoms with Gasteiger partial charge in [0, 0.05) is 12.1 Å². The standard InChI is InChI=1S/C17H34N2O/c1-18-17(14-20)11-6-9-16(17)10-12-19(2)13-15-7-4-3-5-8-15/h15-16,18,20H,3-14H2,1-2H3. The van der Waals surface area contributed by atoms with Gasteiger partial charge in [-0.25, -0.2) is 0 Å². The predicted octanol–water partition coefficient (Wildman–Crippen LogP) is 2.64. The number of likely N-dealkylation sites (N-methyl/N-ethyl adjacent to an activating group) is 1. The van der Waals surface area contributed by atoms with Gasteiger partial charge in [0.25, 0.3) is 0 Å². The van der Waals surface area contributed by atoms with Gasteiger partial charge in [0.05, 0.1) is 6.61 Å². The summed E-state index contributed by atoms with van der Waals surface area (Å²) >= 11 is 0. The third-order valence-electron chi connectivity index (χ3n) is 5.89. The van der Waals surface area contributed by atoms with Crippen molar-refractivity contribution in [2.24, 2.45) is 11.8 Å². The lowest BCUT2D eigenvalue weighted by molar-refractivity contribution is 0.118. The Bertz CT molecular complexity index is 272. The van der Waals surface area contributed by atoms with Gasteiger partial charge < -0.3 is 15.3 Å². The third kappa shape index (κ3) is 3.96. The van der Waals surface area contributed by atoms with Crippen LogP contribution in [0.2, 0.25) is 0 Å². The first-order valence-electron chi connectivity index (χ1n) is 8.68. The Morgan fingerprint density at radius 3 is 2.55 bits per heavy atom. The zero-order valence-electron chi connectivity index (χ0n) is 13.5. The smallest absolute Gasteiger partial charge is 0.0615 e. The van der Waals surface area contributed by atoms with Crippen LogP contribution in [0.4, 0.5) is 0 Å². The number of nitrogens with zero attached hydrogens (tertiary/aromatic N) is 1. The van der Waals surface area contributed by atoms with Gasteiger partial charge in [0.1, 0.15) is 0 Å². The monoisotopic (exact) mass is 282 g/mol. The number of aliphatic hydroxyl groups is 1. The van der Waals surface area contributed by atoms with Crippen LogP contribution in [0.5, 0.6) is 0 Å². The minimum Gasteiger partial charge on any atom is -0.394 e. The summed E-state index contributed by atoms with van der Waals surface area (Å²) in [6.45, 7) is 2.75. The lowest BCUT2D eigenvalue weighted by Crippen LogP contribution is -2.50. The molecule has 2 aliphatic rings. The highest BCUT2D eigenvalue weighted by atomic mass is 16.3. The average Bonchev–Trinajstić information content (AvgIpc) is 2.89. The van der Waals surface area contributed by atoms with Crippen molar-refractivity contribution in [3.63, 3.8) is 0 Å². The Labute approximate surface area is 125 Å². The topological polar surface area (TPSA) is 35.5 Å². The van der Waals surface area contributed by atoms with Gasteiger partial charge in [0.15, 0.2) is 0 Å². The van der Waals surface area contributed by atoms with Crippen LogP contribution in [0.25, 0.3) is 0 Å². The Kier molecular flexibility index (Phi) is 6.31. The molecule has 0 aliphatic heterocycles. The molecule has 2 rings (SSSR count). The predicted molar refractivity (Wildman–Crippen MR) is 84.9 cm³/mol. The van der Waals surface area contributed by atoms with E-state index in [9.17, 15) is 5.11 Å². The van der Waals surface area contributed by atoms with Crippen LogP contribution >= 0.6 is 0 Å². The van der Waals surface area contributed by atoms with Crippen molar-refractivity contribution in [3.05, 3.63) is 0 Å². The highest BCUT2D eigenvalue weighted by Crippen LogP contribution is 2.37. The molecule has 0 bridgehead atoms. The SMILES string of the molecule is CNC1(CO)CCCC1CCN(C)CC1CCCCC1. The van der Waals surface area contributed by atoms with Gasteiger partial charge in [-0.3, -0.25) is 0 Å². The molecule has 0 saturated heterocycles. The Balaban J connectivity index is 1.73. The Morgan fingerprint density at radius 2 is 1.90 bits per heavy atom. The van der Waals surface area contributed by atoms with Crippen LogP contribution in [0.3, 0.4) is 0 Å². The van der Waals surface area contributed by atoms with Crippen molar-refractivity contribution in [2.75, 3.05) is 33.8 Å². The third-order valence-corrected chi connectivity index (χ3v) is 5.89. The lowest BCUT2D eigenvalue weighted by Gasteiger charge is -2.35. The summed E-state index contributed by atoms with van der Waals surface area (Å²) in [5, 5.41) is 13.2. The summed E-state index contributed by atoms with van der Waals surface area (Å²) in [5.74, 6) is 1.58. The highest BCUT2D eigenvalue weighted by Gasteiger charge is 2.40. The van der Waals surface area contributed by atoms with Crippen molar-refractivity contribution in [1.29, 1.82) is 0 Å². The van der Waals surface area contributed by atoms with Crippen molar-refractivity contribution >= 4 is 0 Å². The molecule has 2 fully saturated rings. The summed E-state index contributed by atoms with van der Waals surface area (Å²) in [6, 6.07) is 0. The number of hydrogen-bond donors (Lipinski definition) is 2. The van der Waals surface area contributed by atoms with Crippen LogP contribution in [0.15, 0.2) is 0 Å². The van der Waals surface area contributed by atoms with Crippen molar-refractivity contribution in [1.82, 2.24) is 10.2 Å². The van der Waals surface area contributed by atoms with E-state index in [2.05, 4.69) is 17.3 Å². The summed E-state index contributed by atoms with van der Waals surface area (Å²) in [4.78, 5) is 2.53. The summed E-state index contributed by atoms with van der Waals surface area (Å²) < 4.78 is 0. The van der Waals surface area contributed by atoms with E-state index in [1.165, 1.54) is 64.5 Å². The molecule has 0 heterocycles. The zero-order chi connectivity index (χ0) is 14.4. The average molecular weight is 282 g/mol.